The van der Waals surface area contributed by atoms with Gasteiger partial charge in [-0.25, -0.2) is 32.9 Å². The lowest BCUT2D eigenvalue weighted by Gasteiger charge is -2.44. The van der Waals surface area contributed by atoms with Gasteiger partial charge in [0.25, 0.3) is 5.91 Å². The summed E-state index contributed by atoms with van der Waals surface area (Å²) >= 11 is 0. The van der Waals surface area contributed by atoms with E-state index in [1.807, 2.05) is 0 Å². The van der Waals surface area contributed by atoms with Crippen LogP contribution in [0.2, 0.25) is 0 Å². The lowest BCUT2D eigenvalue weighted by atomic mass is 10.1. The molecule has 0 aliphatic carbocycles. The van der Waals surface area contributed by atoms with Crippen molar-refractivity contribution in [2.45, 2.75) is 61.4 Å². The fourth-order valence-electron chi connectivity index (χ4n) is 5.37. The Balaban J connectivity index is 1.37. The molecule has 0 saturated carbocycles. The van der Waals surface area contributed by atoms with Gasteiger partial charge in [0.2, 0.25) is 15.9 Å². The molecule has 0 radical (unpaired) electrons. The van der Waals surface area contributed by atoms with E-state index in [1.54, 1.807) is 0 Å². The molecule has 5 rings (SSSR count). The molecule has 1 unspecified atom stereocenters. The highest BCUT2D eigenvalue weighted by Gasteiger charge is 2.55. The number of amides is 2. The fraction of sp³-hybridized carbons (Fsp3) is 0.519. The number of hydrogen-bond acceptors (Lipinski definition) is 10. The number of ether oxygens (including phenoxy) is 4. The first-order chi connectivity index (χ1) is 20.3. The minimum absolute atomic E-state index is 0.0181. The summed E-state index contributed by atoms with van der Waals surface area (Å²) in [5, 5.41) is 0. The lowest BCUT2D eigenvalue weighted by molar-refractivity contribution is -0.203. The van der Waals surface area contributed by atoms with Crippen molar-refractivity contribution in [3.63, 3.8) is 0 Å². The van der Waals surface area contributed by atoms with Gasteiger partial charge in [0.1, 0.15) is 29.1 Å². The number of rotatable bonds is 10. The van der Waals surface area contributed by atoms with Gasteiger partial charge in [0, 0.05) is 38.8 Å². The van der Waals surface area contributed by atoms with Crippen LogP contribution in [0.25, 0.3) is 0 Å². The second-order valence-electron chi connectivity index (χ2n) is 10.1. The van der Waals surface area contributed by atoms with Gasteiger partial charge in [-0.15, -0.1) is 0 Å². The van der Waals surface area contributed by atoms with Crippen LogP contribution in [0.1, 0.15) is 32.1 Å². The standard InChI is InChI=1S/C27H33FN4O9S/c1-37-14-15-39-27(34)32-19-7-11-22(32)25(26(33)30-41-24-4-2-3-13-38-24)31(17-19)42(35,36)21-10-12-23(29-16-21)40-20-8-5-18(28)6-9-20/h5-6,8-10,12,16,19,22,24-25H,2-4,7,11,13-15,17H2,1H3,(H,30,33)/t19-,22+,24?,25-/m1/s1. The van der Waals surface area contributed by atoms with Crippen LogP contribution in [0.4, 0.5) is 9.18 Å². The van der Waals surface area contributed by atoms with Crippen LogP contribution in [0.3, 0.4) is 0 Å². The molecule has 13 nitrogen and oxygen atoms in total. The van der Waals surface area contributed by atoms with Crippen LogP contribution in [0.15, 0.2) is 47.5 Å². The van der Waals surface area contributed by atoms with Crippen molar-refractivity contribution < 1.29 is 46.2 Å². The number of halogens is 1. The van der Waals surface area contributed by atoms with E-state index in [9.17, 15) is 22.4 Å². The van der Waals surface area contributed by atoms with E-state index in [0.717, 1.165) is 23.3 Å². The van der Waals surface area contributed by atoms with Gasteiger partial charge in [0.05, 0.1) is 18.8 Å². The van der Waals surface area contributed by atoms with Crippen LogP contribution in [-0.2, 0) is 33.9 Å². The third-order valence-corrected chi connectivity index (χ3v) is 9.22. The quantitative estimate of drug-likeness (QED) is 0.316. The minimum atomic E-state index is -4.27. The van der Waals surface area contributed by atoms with E-state index < -0.39 is 52.3 Å². The Morgan fingerprint density at radius 3 is 2.60 bits per heavy atom. The first-order valence-corrected chi connectivity index (χ1v) is 15.1. The summed E-state index contributed by atoms with van der Waals surface area (Å²) in [6.45, 7) is 0.570. The Hall–Kier alpha value is -3.37. The molecule has 0 spiro atoms. The maximum absolute atomic E-state index is 13.9. The zero-order valence-electron chi connectivity index (χ0n) is 23.0. The maximum atomic E-state index is 13.9. The van der Waals surface area contributed by atoms with Crippen LogP contribution in [-0.4, -0.2) is 92.5 Å². The number of hydrogen-bond donors (Lipinski definition) is 1. The van der Waals surface area contributed by atoms with Crippen LogP contribution < -0.4 is 10.2 Å². The molecule has 1 N–H and O–H groups in total. The molecule has 2 amide bonds. The Morgan fingerprint density at radius 2 is 1.90 bits per heavy atom. The summed E-state index contributed by atoms with van der Waals surface area (Å²) in [6, 6.07) is 5.38. The summed E-state index contributed by atoms with van der Waals surface area (Å²) in [5.74, 6) is -0.732. The first-order valence-electron chi connectivity index (χ1n) is 13.7. The molecule has 3 aliphatic rings. The molecule has 4 heterocycles. The van der Waals surface area contributed by atoms with Crippen molar-refractivity contribution in [1.29, 1.82) is 0 Å². The van der Waals surface area contributed by atoms with E-state index in [4.69, 9.17) is 23.8 Å². The zero-order chi connectivity index (χ0) is 29.7. The van der Waals surface area contributed by atoms with E-state index in [0.29, 0.717) is 31.6 Å². The Morgan fingerprint density at radius 1 is 1.10 bits per heavy atom. The van der Waals surface area contributed by atoms with Gasteiger partial charge < -0.3 is 18.9 Å². The predicted molar refractivity (Wildman–Crippen MR) is 143 cm³/mol. The Bertz CT molecular complexity index is 1340. The molecular formula is C27H33FN4O9S. The second kappa shape index (κ2) is 13.3. The Labute approximate surface area is 242 Å². The highest BCUT2D eigenvalue weighted by atomic mass is 32.2. The molecule has 228 valence electrons. The number of methoxy groups -OCH3 is 1. The molecule has 1 aromatic carbocycles. The predicted octanol–water partition coefficient (Wildman–Crippen LogP) is 2.58. The largest absolute Gasteiger partial charge is 0.447 e. The van der Waals surface area contributed by atoms with E-state index in [-0.39, 0.29) is 30.5 Å². The summed E-state index contributed by atoms with van der Waals surface area (Å²) in [4.78, 5) is 37.4. The van der Waals surface area contributed by atoms with Crippen molar-refractivity contribution in [2.75, 3.05) is 33.5 Å². The van der Waals surface area contributed by atoms with Crippen molar-refractivity contribution in [3.05, 3.63) is 48.4 Å². The van der Waals surface area contributed by atoms with E-state index in [2.05, 4.69) is 10.5 Å². The number of fused-ring (bicyclic) bond motifs is 2. The van der Waals surface area contributed by atoms with Gasteiger partial charge in [-0.1, -0.05) is 0 Å². The van der Waals surface area contributed by atoms with E-state index >= 15 is 0 Å². The second-order valence-corrected chi connectivity index (χ2v) is 12.0. The number of benzene rings is 1. The van der Waals surface area contributed by atoms with Gasteiger partial charge in [-0.2, -0.15) is 4.31 Å². The van der Waals surface area contributed by atoms with Gasteiger partial charge in [0.15, 0.2) is 6.29 Å². The maximum Gasteiger partial charge on any atom is 0.410 e. The van der Waals surface area contributed by atoms with E-state index in [1.165, 1.54) is 48.4 Å². The fourth-order valence-corrected chi connectivity index (χ4v) is 6.97. The molecule has 3 saturated heterocycles. The highest BCUT2D eigenvalue weighted by molar-refractivity contribution is 7.89. The summed E-state index contributed by atoms with van der Waals surface area (Å²) in [5.41, 5.74) is 2.38. The van der Waals surface area contributed by atoms with Gasteiger partial charge in [-0.05, 0) is 56.0 Å². The molecule has 3 aliphatic heterocycles. The number of carbonyl (C=O) groups is 2. The average molecular weight is 609 g/mol. The van der Waals surface area contributed by atoms with Crippen LogP contribution >= 0.6 is 0 Å². The average Bonchev–Trinajstić information content (AvgIpc) is 3.30. The monoisotopic (exact) mass is 608 g/mol. The summed E-state index contributed by atoms with van der Waals surface area (Å²) < 4.78 is 63.5. The van der Waals surface area contributed by atoms with Crippen molar-refractivity contribution in [3.8, 4) is 11.6 Å². The van der Waals surface area contributed by atoms with Crippen molar-refractivity contribution >= 4 is 22.0 Å². The number of pyridine rings is 1. The van der Waals surface area contributed by atoms with Crippen molar-refractivity contribution in [2.24, 2.45) is 0 Å². The zero-order valence-corrected chi connectivity index (χ0v) is 23.8. The number of carbonyl (C=O) groups excluding carboxylic acids is 2. The minimum Gasteiger partial charge on any atom is -0.447 e. The molecular weight excluding hydrogens is 575 g/mol. The molecule has 42 heavy (non-hydrogen) atoms. The van der Waals surface area contributed by atoms with Crippen LogP contribution in [0.5, 0.6) is 11.6 Å². The summed E-state index contributed by atoms with van der Waals surface area (Å²) in [6.07, 6.45) is 3.02. The molecule has 2 bridgehead atoms. The first kappa shape index (κ1) is 30.1. The van der Waals surface area contributed by atoms with Crippen LogP contribution in [0, 0.1) is 5.82 Å². The molecule has 3 fully saturated rings. The number of aromatic nitrogens is 1. The Kier molecular flexibility index (Phi) is 9.53. The van der Waals surface area contributed by atoms with Gasteiger partial charge >= 0.3 is 6.09 Å². The number of sulfonamides is 1. The normalized spacial score (nSPS) is 24.3. The topological polar surface area (TPSA) is 146 Å². The third-order valence-electron chi connectivity index (χ3n) is 7.38. The molecule has 4 atom stereocenters. The lowest BCUT2D eigenvalue weighted by Crippen LogP contribution is -2.66. The summed E-state index contributed by atoms with van der Waals surface area (Å²) in [7, 11) is -2.79. The molecule has 1 aromatic heterocycles. The number of hydroxylamine groups is 1. The van der Waals surface area contributed by atoms with Gasteiger partial charge in [-0.3, -0.25) is 9.69 Å². The number of nitrogens with zero attached hydrogens (tertiary/aromatic N) is 3. The molecule has 2 aromatic rings. The molecule has 15 heteroatoms. The number of nitrogens with one attached hydrogen (secondary N) is 1. The smallest absolute Gasteiger partial charge is 0.410 e. The third kappa shape index (κ3) is 6.65. The SMILES string of the molecule is COCCOC(=O)N1[C@@H]2CC[C@H]1[C@H](C(=O)NOC1CCCCO1)N(S(=O)(=O)c1ccc(Oc3ccc(F)cc3)nc1)C2. The van der Waals surface area contributed by atoms with Crippen molar-refractivity contribution in [1.82, 2.24) is 19.7 Å². The number of piperazine rings is 1. The highest BCUT2D eigenvalue weighted by Crippen LogP contribution is 2.38.